The van der Waals surface area contributed by atoms with Crippen molar-refractivity contribution in [1.29, 1.82) is 0 Å². The van der Waals surface area contributed by atoms with Crippen molar-refractivity contribution >= 4 is 17.7 Å². The Labute approximate surface area is 220 Å². The van der Waals surface area contributed by atoms with E-state index < -0.39 is 22.0 Å². The average molecular weight is 518 g/mol. The first kappa shape index (κ1) is 24.6. The minimum absolute atomic E-state index is 0.0407. The number of nitrogens with zero attached hydrogens (tertiary/aromatic N) is 3. The fourth-order valence-electron chi connectivity index (χ4n) is 7.58. The van der Waals surface area contributed by atoms with Gasteiger partial charge in [-0.3, -0.25) is 19.8 Å². The molecule has 1 amide bonds. The third-order valence-corrected chi connectivity index (χ3v) is 9.25. The second-order valence-corrected chi connectivity index (χ2v) is 10.9. The summed E-state index contributed by atoms with van der Waals surface area (Å²) >= 11 is 0. The minimum Gasteiger partial charge on any atom is -0.504 e. The monoisotopic (exact) mass is 517 g/mol. The quantitative estimate of drug-likeness (QED) is 0.262. The molecule has 38 heavy (non-hydrogen) atoms. The summed E-state index contributed by atoms with van der Waals surface area (Å²) < 4.78 is 6.52. The molecule has 2 bridgehead atoms. The van der Waals surface area contributed by atoms with Gasteiger partial charge in [0, 0.05) is 43.4 Å². The first-order valence-corrected chi connectivity index (χ1v) is 13.0. The van der Waals surface area contributed by atoms with Gasteiger partial charge in [0.1, 0.15) is 6.10 Å². The standard InChI is InChI=1S/C29H31N3O6/c1-3-14-31-15-13-28-25-19-8-9-22(33)26(25)38-27(28)21(11-12-29(28,35)23(31)17-19)30(2)24(34)10-7-18-5-4-6-20(16-18)32(36)37/h3-10,16,21,23,27,33,35H,1,11-15,17H2,2H3/t21-,23+,27-,28-,29+/m0/s1. The van der Waals surface area contributed by atoms with Crippen LogP contribution in [0, 0.1) is 10.1 Å². The third kappa shape index (κ3) is 3.28. The number of likely N-dealkylation sites (tertiary alicyclic amines) is 1. The Hall–Kier alpha value is -3.69. The van der Waals surface area contributed by atoms with E-state index in [0.29, 0.717) is 43.5 Å². The fraction of sp³-hybridized carbons (Fsp3) is 0.414. The van der Waals surface area contributed by atoms with Gasteiger partial charge < -0.3 is 19.8 Å². The molecule has 1 spiro atoms. The van der Waals surface area contributed by atoms with Gasteiger partial charge in [0.15, 0.2) is 11.5 Å². The smallest absolute Gasteiger partial charge is 0.270 e. The highest BCUT2D eigenvalue weighted by Crippen LogP contribution is 2.65. The Morgan fingerprint density at radius 3 is 2.92 bits per heavy atom. The van der Waals surface area contributed by atoms with Crippen LogP contribution in [-0.4, -0.2) is 74.8 Å². The molecule has 5 atom stereocenters. The number of benzene rings is 2. The summed E-state index contributed by atoms with van der Waals surface area (Å²) in [6.45, 7) is 5.34. The van der Waals surface area contributed by atoms with Gasteiger partial charge in [-0.25, -0.2) is 0 Å². The summed E-state index contributed by atoms with van der Waals surface area (Å²) in [4.78, 5) is 27.9. The largest absolute Gasteiger partial charge is 0.504 e. The number of hydrogen-bond donors (Lipinski definition) is 2. The Morgan fingerprint density at radius 2 is 2.16 bits per heavy atom. The summed E-state index contributed by atoms with van der Waals surface area (Å²) in [5, 5.41) is 34.3. The van der Waals surface area contributed by atoms with Crippen molar-refractivity contribution in [3.05, 3.63) is 81.9 Å². The molecule has 2 aliphatic heterocycles. The Kier molecular flexibility index (Phi) is 5.62. The van der Waals surface area contributed by atoms with Crippen molar-refractivity contribution in [3.63, 3.8) is 0 Å². The number of nitro benzene ring substituents is 1. The summed E-state index contributed by atoms with van der Waals surface area (Å²) in [6, 6.07) is 9.27. The molecule has 4 aliphatic rings. The molecule has 6 rings (SSSR count). The van der Waals surface area contributed by atoms with Gasteiger partial charge in [-0.05, 0) is 55.5 Å². The van der Waals surface area contributed by atoms with Crippen LogP contribution in [0.25, 0.3) is 6.08 Å². The lowest BCUT2D eigenvalue weighted by atomic mass is 9.48. The number of phenols is 1. The zero-order chi connectivity index (χ0) is 26.8. The number of amides is 1. The van der Waals surface area contributed by atoms with Crippen LogP contribution in [0.5, 0.6) is 11.5 Å². The Balaban J connectivity index is 1.35. The molecule has 0 unspecified atom stereocenters. The molecular weight excluding hydrogens is 486 g/mol. The molecule has 2 aromatic rings. The molecular formula is C29H31N3O6. The van der Waals surface area contributed by atoms with Gasteiger partial charge in [-0.15, -0.1) is 6.58 Å². The number of piperidine rings is 1. The number of carbonyl (C=O) groups is 1. The fourth-order valence-corrected chi connectivity index (χ4v) is 7.58. The Morgan fingerprint density at radius 1 is 1.34 bits per heavy atom. The van der Waals surface area contributed by atoms with E-state index >= 15 is 0 Å². The zero-order valence-corrected chi connectivity index (χ0v) is 21.2. The second kappa shape index (κ2) is 8.68. The SMILES string of the molecule is C=CCN1CC[C@]23c4c5ccc(O)c4O[C@H]2[C@@H](N(C)C(=O)C=Cc2cccc([N+](=O)[O-])c2)CC[C@@]3(O)[C@H]1C5. The summed E-state index contributed by atoms with van der Waals surface area (Å²) in [6.07, 6.45) is 6.68. The van der Waals surface area contributed by atoms with E-state index in [9.17, 15) is 25.1 Å². The highest BCUT2D eigenvalue weighted by atomic mass is 16.6. The van der Waals surface area contributed by atoms with Crippen LogP contribution in [0.15, 0.2) is 55.1 Å². The maximum Gasteiger partial charge on any atom is 0.270 e. The lowest BCUT2D eigenvalue weighted by Crippen LogP contribution is -2.78. The molecule has 2 heterocycles. The molecule has 0 aromatic heterocycles. The molecule has 2 aliphatic carbocycles. The summed E-state index contributed by atoms with van der Waals surface area (Å²) in [7, 11) is 1.73. The number of non-ortho nitro benzene ring substituents is 1. The van der Waals surface area contributed by atoms with Gasteiger partial charge in [-0.2, -0.15) is 0 Å². The highest BCUT2D eigenvalue weighted by Gasteiger charge is 2.73. The summed E-state index contributed by atoms with van der Waals surface area (Å²) in [5.41, 5.74) is 0.686. The van der Waals surface area contributed by atoms with Crippen LogP contribution < -0.4 is 4.74 Å². The third-order valence-electron chi connectivity index (χ3n) is 9.25. The molecule has 0 radical (unpaired) electrons. The van der Waals surface area contributed by atoms with Crippen LogP contribution in [0.2, 0.25) is 0 Å². The maximum atomic E-state index is 13.3. The number of ether oxygens (including phenoxy) is 1. The average Bonchev–Trinajstić information content (AvgIpc) is 3.26. The normalized spacial score (nSPS) is 30.9. The van der Waals surface area contributed by atoms with Crippen LogP contribution in [0.1, 0.15) is 36.0 Å². The van der Waals surface area contributed by atoms with E-state index in [-0.39, 0.29) is 29.4 Å². The van der Waals surface area contributed by atoms with Crippen molar-refractivity contribution in [2.24, 2.45) is 0 Å². The van der Waals surface area contributed by atoms with Crippen molar-refractivity contribution in [2.45, 2.75) is 54.9 Å². The van der Waals surface area contributed by atoms with Crippen molar-refractivity contribution in [3.8, 4) is 11.5 Å². The molecule has 2 N–H and O–H groups in total. The van der Waals surface area contributed by atoms with Crippen molar-refractivity contribution in [1.82, 2.24) is 9.80 Å². The molecule has 1 saturated carbocycles. The number of aromatic hydroxyl groups is 1. The number of likely N-dealkylation sites (N-methyl/N-ethyl adjacent to an activating group) is 1. The lowest BCUT2D eigenvalue weighted by Gasteiger charge is -2.64. The highest BCUT2D eigenvalue weighted by molar-refractivity contribution is 5.92. The molecule has 2 aromatic carbocycles. The van der Waals surface area contributed by atoms with E-state index in [0.717, 1.165) is 17.7 Å². The number of rotatable bonds is 6. The molecule has 9 heteroatoms. The Bertz CT molecular complexity index is 1370. The van der Waals surface area contributed by atoms with Gasteiger partial charge in [-0.1, -0.05) is 24.3 Å². The van der Waals surface area contributed by atoms with Gasteiger partial charge >= 0.3 is 0 Å². The molecule has 9 nitrogen and oxygen atoms in total. The number of nitro groups is 1. The molecule has 1 saturated heterocycles. The van der Waals surface area contributed by atoms with Crippen LogP contribution in [0.3, 0.4) is 0 Å². The first-order chi connectivity index (χ1) is 18.2. The topological polar surface area (TPSA) is 116 Å². The zero-order valence-electron chi connectivity index (χ0n) is 21.2. The van der Waals surface area contributed by atoms with E-state index in [1.54, 1.807) is 36.2 Å². The predicted octanol–water partition coefficient (Wildman–Crippen LogP) is 3.18. The van der Waals surface area contributed by atoms with Gasteiger partial charge in [0.25, 0.3) is 5.69 Å². The van der Waals surface area contributed by atoms with Crippen LogP contribution in [-0.2, 0) is 16.6 Å². The minimum atomic E-state index is -1.07. The van der Waals surface area contributed by atoms with Crippen molar-refractivity contribution < 1.29 is 24.7 Å². The van der Waals surface area contributed by atoms with E-state index in [4.69, 9.17) is 4.74 Å². The maximum absolute atomic E-state index is 13.3. The number of aliphatic hydroxyl groups is 1. The second-order valence-electron chi connectivity index (χ2n) is 10.9. The van der Waals surface area contributed by atoms with Crippen LogP contribution >= 0.6 is 0 Å². The van der Waals surface area contributed by atoms with Crippen molar-refractivity contribution in [2.75, 3.05) is 20.1 Å². The molecule has 2 fully saturated rings. The van der Waals surface area contributed by atoms with Crippen LogP contribution in [0.4, 0.5) is 5.69 Å². The van der Waals surface area contributed by atoms with Gasteiger partial charge in [0.05, 0.1) is 22.0 Å². The predicted molar refractivity (Wildman–Crippen MR) is 141 cm³/mol. The summed E-state index contributed by atoms with van der Waals surface area (Å²) in [5.74, 6) is 0.227. The first-order valence-electron chi connectivity index (χ1n) is 13.0. The molecule has 198 valence electrons. The van der Waals surface area contributed by atoms with E-state index in [1.165, 1.54) is 18.2 Å². The number of phenolic OH excluding ortho intramolecular Hbond substituents is 1. The lowest BCUT2D eigenvalue weighted by molar-refractivity contribution is -0.384. The van der Waals surface area contributed by atoms with Gasteiger partial charge in [0.2, 0.25) is 5.91 Å². The van der Waals surface area contributed by atoms with E-state index in [2.05, 4.69) is 11.5 Å². The van der Waals surface area contributed by atoms with E-state index in [1.807, 2.05) is 12.1 Å². The number of hydrogen-bond acceptors (Lipinski definition) is 7. The number of carbonyl (C=O) groups excluding carboxylic acids is 1.